The average molecular weight is 313 g/mol. The van der Waals surface area contributed by atoms with E-state index in [1.165, 1.54) is 0 Å². The maximum absolute atomic E-state index is 11.8. The molecule has 0 N–H and O–H groups in total. The van der Waals surface area contributed by atoms with Crippen molar-refractivity contribution < 1.29 is 22.8 Å². The molecule has 0 fully saturated rings. The largest absolute Gasteiger partial charge is 0.504 e. The van der Waals surface area contributed by atoms with Crippen LogP contribution < -0.4 is 0 Å². The van der Waals surface area contributed by atoms with Crippen molar-refractivity contribution in [2.45, 2.75) is 26.8 Å². The summed E-state index contributed by atoms with van der Waals surface area (Å²) in [5.41, 5.74) is 0.474. The quantitative estimate of drug-likeness (QED) is 0.488. The van der Waals surface area contributed by atoms with Gasteiger partial charge in [0.15, 0.2) is 0 Å². The molecular weight excluding hydrogens is 290 g/mol. The Bertz CT molecular complexity index is 398. The Balaban J connectivity index is 2.54. The van der Waals surface area contributed by atoms with Crippen molar-refractivity contribution >= 4 is 14.8 Å². The lowest BCUT2D eigenvalue weighted by molar-refractivity contribution is 0.0436. The monoisotopic (exact) mass is 313 g/mol. The molecule has 0 saturated carbocycles. The molecule has 7 heteroatoms. The molecule has 0 bridgehead atoms. The molecule has 6 nitrogen and oxygen atoms in total. The van der Waals surface area contributed by atoms with Crippen molar-refractivity contribution in [2.75, 3.05) is 26.4 Å². The molecule has 0 aliphatic heterocycles. The van der Waals surface area contributed by atoms with Gasteiger partial charge in [-0.3, -0.25) is 4.98 Å². The Hall–Kier alpha value is -1.28. The highest BCUT2D eigenvalue weighted by Crippen LogP contribution is 2.16. The van der Waals surface area contributed by atoms with Gasteiger partial charge in [0.05, 0.1) is 18.2 Å². The minimum Gasteiger partial charge on any atom is -0.462 e. The zero-order valence-corrected chi connectivity index (χ0v) is 13.8. The normalized spacial score (nSPS) is 11.4. The van der Waals surface area contributed by atoms with E-state index in [-0.39, 0.29) is 12.6 Å². The van der Waals surface area contributed by atoms with E-state index in [4.69, 9.17) is 18.0 Å². The van der Waals surface area contributed by atoms with Gasteiger partial charge in [-0.15, -0.1) is 0 Å². The molecule has 1 aromatic rings. The summed E-state index contributed by atoms with van der Waals surface area (Å²) in [4.78, 5) is 15.7. The summed E-state index contributed by atoms with van der Waals surface area (Å²) in [5.74, 6) is -0.384. The van der Waals surface area contributed by atoms with E-state index in [2.05, 4.69) is 4.98 Å². The summed E-state index contributed by atoms with van der Waals surface area (Å²) in [6.45, 7) is 7.39. The minimum absolute atomic E-state index is 0.202. The van der Waals surface area contributed by atoms with Gasteiger partial charge in [-0.1, -0.05) is 0 Å². The van der Waals surface area contributed by atoms with E-state index in [0.717, 1.165) is 0 Å². The van der Waals surface area contributed by atoms with E-state index in [0.29, 0.717) is 31.4 Å². The topological polar surface area (TPSA) is 66.9 Å². The molecule has 0 radical (unpaired) electrons. The molecule has 0 atom stereocenters. The summed E-state index contributed by atoms with van der Waals surface area (Å²) < 4.78 is 22.3. The SMILES string of the molecule is CCO[Si](CCOC(=O)c1ccncc1)(OCC)OCC. The number of esters is 1. The summed E-state index contributed by atoms with van der Waals surface area (Å²) in [6.07, 6.45) is 3.10. The molecule has 0 saturated heterocycles. The molecule has 1 heterocycles. The predicted octanol–water partition coefficient (Wildman–Crippen LogP) is 2.29. The van der Waals surface area contributed by atoms with E-state index in [9.17, 15) is 4.79 Å². The Labute approximate surface area is 126 Å². The van der Waals surface area contributed by atoms with Crippen LogP contribution in [0.4, 0.5) is 0 Å². The van der Waals surface area contributed by atoms with E-state index < -0.39 is 8.80 Å². The van der Waals surface area contributed by atoms with Gasteiger partial charge in [-0.25, -0.2) is 4.79 Å². The minimum atomic E-state index is -2.75. The number of hydrogen-bond donors (Lipinski definition) is 0. The van der Waals surface area contributed by atoms with Crippen LogP contribution in [0.2, 0.25) is 6.04 Å². The summed E-state index contributed by atoms with van der Waals surface area (Å²) in [5, 5.41) is 0. The fourth-order valence-corrected chi connectivity index (χ4v) is 4.20. The first kappa shape index (κ1) is 17.8. The molecule has 1 aromatic heterocycles. The summed E-state index contributed by atoms with van der Waals surface area (Å²) >= 11 is 0. The third kappa shape index (κ3) is 5.92. The number of hydrogen-bond acceptors (Lipinski definition) is 6. The van der Waals surface area contributed by atoms with Gasteiger partial charge < -0.3 is 18.0 Å². The van der Waals surface area contributed by atoms with Gasteiger partial charge >= 0.3 is 14.8 Å². The molecule has 0 aliphatic carbocycles. The van der Waals surface area contributed by atoms with Crippen LogP contribution in [0, 0.1) is 0 Å². The average Bonchev–Trinajstić information content (AvgIpc) is 2.49. The number of aromatic nitrogens is 1. The Kier molecular flexibility index (Phi) is 8.14. The number of pyridine rings is 1. The van der Waals surface area contributed by atoms with Gasteiger partial charge in [0.2, 0.25) is 0 Å². The predicted molar refractivity (Wildman–Crippen MR) is 80.0 cm³/mol. The smallest absolute Gasteiger partial charge is 0.462 e. The van der Waals surface area contributed by atoms with E-state index in [1.54, 1.807) is 24.5 Å². The van der Waals surface area contributed by atoms with Crippen molar-refractivity contribution in [1.82, 2.24) is 4.98 Å². The molecule has 118 valence electrons. The van der Waals surface area contributed by atoms with E-state index in [1.807, 2.05) is 20.8 Å². The van der Waals surface area contributed by atoms with Gasteiger partial charge in [0.1, 0.15) is 0 Å². The highest BCUT2D eigenvalue weighted by molar-refractivity contribution is 6.60. The molecule has 0 aromatic carbocycles. The molecule has 21 heavy (non-hydrogen) atoms. The number of carbonyl (C=O) groups excluding carboxylic acids is 1. The van der Waals surface area contributed by atoms with Crippen molar-refractivity contribution in [1.29, 1.82) is 0 Å². The zero-order valence-electron chi connectivity index (χ0n) is 12.8. The van der Waals surface area contributed by atoms with Gasteiger partial charge in [0.25, 0.3) is 0 Å². The molecule has 0 amide bonds. The Morgan fingerprint density at radius 1 is 1.05 bits per heavy atom. The zero-order chi connectivity index (χ0) is 15.6. The maximum Gasteiger partial charge on any atom is 0.504 e. The third-order valence-corrected chi connectivity index (χ3v) is 5.65. The number of carbonyl (C=O) groups is 1. The van der Waals surface area contributed by atoms with Crippen LogP contribution in [-0.2, 0) is 18.0 Å². The standard InChI is InChI=1S/C14H23NO5Si/c1-4-18-21(19-5-2,20-6-3)12-11-17-14(16)13-7-9-15-10-8-13/h7-10H,4-6,11-12H2,1-3H3. The fraction of sp³-hybridized carbons (Fsp3) is 0.571. The van der Waals surface area contributed by atoms with Crippen LogP contribution in [-0.4, -0.2) is 46.2 Å². The van der Waals surface area contributed by atoms with Crippen LogP contribution in [0.15, 0.2) is 24.5 Å². The number of nitrogens with zero attached hydrogens (tertiary/aromatic N) is 1. The van der Waals surface area contributed by atoms with Gasteiger partial charge in [-0.05, 0) is 32.9 Å². The second-order valence-corrected chi connectivity index (χ2v) is 6.84. The van der Waals surface area contributed by atoms with Crippen molar-refractivity contribution in [3.05, 3.63) is 30.1 Å². The molecule has 0 unspecified atom stereocenters. The first-order valence-corrected chi connectivity index (χ1v) is 9.09. The second kappa shape index (κ2) is 9.62. The van der Waals surface area contributed by atoms with Crippen LogP contribution in [0.25, 0.3) is 0 Å². The number of rotatable bonds is 10. The van der Waals surface area contributed by atoms with Crippen molar-refractivity contribution in [3.63, 3.8) is 0 Å². The fourth-order valence-electron chi connectivity index (χ4n) is 1.84. The molecule has 0 spiro atoms. The number of ether oxygens (including phenoxy) is 1. The lowest BCUT2D eigenvalue weighted by Gasteiger charge is -2.28. The van der Waals surface area contributed by atoms with Crippen molar-refractivity contribution in [2.24, 2.45) is 0 Å². The van der Waals surface area contributed by atoms with Crippen LogP contribution in [0.1, 0.15) is 31.1 Å². The third-order valence-electron chi connectivity index (χ3n) is 2.65. The maximum atomic E-state index is 11.8. The van der Waals surface area contributed by atoms with Crippen molar-refractivity contribution in [3.8, 4) is 0 Å². The second-order valence-electron chi connectivity index (χ2n) is 4.10. The van der Waals surface area contributed by atoms with Gasteiger partial charge in [0, 0.05) is 32.2 Å². The van der Waals surface area contributed by atoms with E-state index >= 15 is 0 Å². The molecular formula is C14H23NO5Si. The van der Waals surface area contributed by atoms with Crippen LogP contribution in [0.5, 0.6) is 0 Å². The molecule has 1 rings (SSSR count). The van der Waals surface area contributed by atoms with Gasteiger partial charge in [-0.2, -0.15) is 0 Å². The van der Waals surface area contributed by atoms with Crippen LogP contribution in [0.3, 0.4) is 0 Å². The Morgan fingerprint density at radius 3 is 2.05 bits per heavy atom. The highest BCUT2D eigenvalue weighted by Gasteiger charge is 2.40. The lowest BCUT2D eigenvalue weighted by Crippen LogP contribution is -2.47. The first-order chi connectivity index (χ1) is 10.2. The Morgan fingerprint density at radius 2 is 1.57 bits per heavy atom. The lowest BCUT2D eigenvalue weighted by atomic mass is 10.3. The van der Waals surface area contributed by atoms with Crippen LogP contribution >= 0.6 is 0 Å². The summed E-state index contributed by atoms with van der Waals surface area (Å²) in [7, 11) is -2.75. The highest BCUT2D eigenvalue weighted by atomic mass is 28.4. The first-order valence-electron chi connectivity index (χ1n) is 7.16. The molecule has 0 aliphatic rings. The summed E-state index contributed by atoms with van der Waals surface area (Å²) in [6, 6.07) is 3.67.